The van der Waals surface area contributed by atoms with E-state index in [0.29, 0.717) is 0 Å². The number of nitrogens with one attached hydrogen (secondary N) is 1. The van der Waals surface area contributed by atoms with Crippen LogP contribution in [0.1, 0.15) is 39.0 Å². The van der Waals surface area contributed by atoms with Gasteiger partial charge in [-0.1, -0.05) is 19.8 Å². The highest BCUT2D eigenvalue weighted by Crippen LogP contribution is 2.23. The van der Waals surface area contributed by atoms with Gasteiger partial charge >= 0.3 is 0 Å². The van der Waals surface area contributed by atoms with Gasteiger partial charge in [-0.05, 0) is 25.2 Å². The van der Waals surface area contributed by atoms with Gasteiger partial charge in [-0.2, -0.15) is 0 Å². The predicted octanol–water partition coefficient (Wildman–Crippen LogP) is 1.88. The second-order valence-corrected chi connectivity index (χ2v) is 5.73. The van der Waals surface area contributed by atoms with Crippen LogP contribution in [0.2, 0.25) is 0 Å². The van der Waals surface area contributed by atoms with Gasteiger partial charge in [0.15, 0.2) is 0 Å². The Labute approximate surface area is 106 Å². The molecule has 3 nitrogen and oxygen atoms in total. The Hall–Kier alpha value is -0.120. The Morgan fingerprint density at radius 1 is 1.18 bits per heavy atom. The monoisotopic (exact) mass is 240 g/mol. The topological polar surface area (TPSA) is 24.5 Å². The molecule has 1 aliphatic heterocycles. The minimum atomic E-state index is 0.780. The molecular weight excluding hydrogens is 212 g/mol. The fraction of sp³-hybridized carbons (Fsp3) is 1.00. The zero-order valence-electron chi connectivity index (χ0n) is 11.3. The Morgan fingerprint density at radius 3 is 3.00 bits per heavy atom. The van der Waals surface area contributed by atoms with Gasteiger partial charge in [0.1, 0.15) is 0 Å². The van der Waals surface area contributed by atoms with E-state index >= 15 is 0 Å². The molecule has 0 aromatic carbocycles. The molecule has 2 rings (SSSR count). The summed E-state index contributed by atoms with van der Waals surface area (Å²) in [5.74, 6) is 0.924. The standard InChI is InChI=1S/C14H28N2O/c1-13-4-2-5-14(12-13)15-6-8-16-7-3-10-17-11-9-16/h13-15H,2-12H2,1H3. The van der Waals surface area contributed by atoms with Gasteiger partial charge in [0.05, 0.1) is 6.61 Å². The third-order valence-corrected chi connectivity index (χ3v) is 4.11. The number of ether oxygens (including phenoxy) is 1. The maximum absolute atomic E-state index is 5.47. The van der Waals surface area contributed by atoms with Crippen LogP contribution in [0.5, 0.6) is 0 Å². The Bertz CT molecular complexity index is 200. The van der Waals surface area contributed by atoms with E-state index in [1.165, 1.54) is 45.2 Å². The zero-order valence-corrected chi connectivity index (χ0v) is 11.3. The molecular formula is C14H28N2O. The highest BCUT2D eigenvalue weighted by atomic mass is 16.5. The van der Waals surface area contributed by atoms with Crippen LogP contribution in [-0.2, 0) is 4.74 Å². The van der Waals surface area contributed by atoms with E-state index in [1.54, 1.807) is 0 Å². The van der Waals surface area contributed by atoms with Crippen molar-refractivity contribution in [2.45, 2.75) is 45.1 Å². The van der Waals surface area contributed by atoms with Crippen LogP contribution in [0.4, 0.5) is 0 Å². The molecule has 1 N–H and O–H groups in total. The van der Waals surface area contributed by atoms with Crippen LogP contribution in [0.3, 0.4) is 0 Å². The molecule has 2 fully saturated rings. The van der Waals surface area contributed by atoms with Crippen LogP contribution < -0.4 is 5.32 Å². The summed E-state index contributed by atoms with van der Waals surface area (Å²) in [5.41, 5.74) is 0. The summed E-state index contributed by atoms with van der Waals surface area (Å²) in [4.78, 5) is 2.53. The number of hydrogen-bond acceptors (Lipinski definition) is 3. The van der Waals surface area contributed by atoms with Gasteiger partial charge in [-0.25, -0.2) is 0 Å². The molecule has 0 aromatic heterocycles. The molecule has 1 aliphatic carbocycles. The highest BCUT2D eigenvalue weighted by molar-refractivity contribution is 4.76. The largest absolute Gasteiger partial charge is 0.380 e. The van der Waals surface area contributed by atoms with Crippen molar-refractivity contribution in [1.29, 1.82) is 0 Å². The fourth-order valence-corrected chi connectivity index (χ4v) is 3.07. The van der Waals surface area contributed by atoms with Crippen molar-refractivity contribution in [3.8, 4) is 0 Å². The lowest BCUT2D eigenvalue weighted by atomic mass is 9.87. The first-order chi connectivity index (χ1) is 8.34. The summed E-state index contributed by atoms with van der Waals surface area (Å²) in [7, 11) is 0. The van der Waals surface area contributed by atoms with Crippen LogP contribution >= 0.6 is 0 Å². The summed E-state index contributed by atoms with van der Waals surface area (Å²) in [6.45, 7) is 8.92. The number of nitrogens with zero attached hydrogens (tertiary/aromatic N) is 1. The van der Waals surface area contributed by atoms with Crippen molar-refractivity contribution < 1.29 is 4.74 Å². The molecule has 2 aliphatic rings. The normalized spacial score (nSPS) is 32.3. The zero-order chi connectivity index (χ0) is 11.9. The van der Waals surface area contributed by atoms with Crippen LogP contribution in [0.15, 0.2) is 0 Å². The SMILES string of the molecule is CC1CCCC(NCCN2CCCOCC2)C1. The van der Waals surface area contributed by atoms with Gasteiger partial charge in [0.2, 0.25) is 0 Å². The summed E-state index contributed by atoms with van der Waals surface area (Å²) >= 11 is 0. The smallest absolute Gasteiger partial charge is 0.0593 e. The molecule has 100 valence electrons. The Kier molecular flexibility index (Phi) is 5.75. The lowest BCUT2D eigenvalue weighted by Crippen LogP contribution is -2.40. The summed E-state index contributed by atoms with van der Waals surface area (Å²) < 4.78 is 5.47. The van der Waals surface area contributed by atoms with Gasteiger partial charge < -0.3 is 10.1 Å². The predicted molar refractivity (Wildman–Crippen MR) is 71.3 cm³/mol. The maximum Gasteiger partial charge on any atom is 0.0593 e. The summed E-state index contributed by atoms with van der Waals surface area (Å²) in [6.07, 6.45) is 6.80. The molecule has 1 heterocycles. The fourth-order valence-electron chi connectivity index (χ4n) is 3.07. The Balaban J connectivity index is 1.58. The van der Waals surface area contributed by atoms with Crippen LogP contribution in [-0.4, -0.2) is 50.3 Å². The molecule has 0 amide bonds. The molecule has 2 unspecified atom stereocenters. The third kappa shape index (κ3) is 4.94. The van der Waals surface area contributed by atoms with E-state index in [2.05, 4.69) is 17.1 Å². The van der Waals surface area contributed by atoms with Crippen molar-refractivity contribution in [2.24, 2.45) is 5.92 Å². The van der Waals surface area contributed by atoms with E-state index in [0.717, 1.165) is 38.3 Å². The molecule has 0 bridgehead atoms. The van der Waals surface area contributed by atoms with Gasteiger partial charge in [0.25, 0.3) is 0 Å². The number of hydrogen-bond donors (Lipinski definition) is 1. The first-order valence-electron chi connectivity index (χ1n) is 7.38. The summed E-state index contributed by atoms with van der Waals surface area (Å²) in [6, 6.07) is 0.780. The van der Waals surface area contributed by atoms with E-state index in [-0.39, 0.29) is 0 Å². The first kappa shape index (κ1) is 13.3. The van der Waals surface area contributed by atoms with Crippen LogP contribution in [0.25, 0.3) is 0 Å². The maximum atomic E-state index is 5.47. The summed E-state index contributed by atoms with van der Waals surface area (Å²) in [5, 5.41) is 3.74. The molecule has 0 spiro atoms. The van der Waals surface area contributed by atoms with E-state index in [4.69, 9.17) is 4.74 Å². The molecule has 1 saturated carbocycles. The molecule has 2 atom stereocenters. The minimum Gasteiger partial charge on any atom is -0.380 e. The lowest BCUT2D eigenvalue weighted by Gasteiger charge is -2.28. The van der Waals surface area contributed by atoms with Gasteiger partial charge in [-0.15, -0.1) is 0 Å². The quantitative estimate of drug-likeness (QED) is 0.812. The van der Waals surface area contributed by atoms with Crippen molar-refractivity contribution in [3.05, 3.63) is 0 Å². The van der Waals surface area contributed by atoms with E-state index in [1.807, 2.05) is 0 Å². The van der Waals surface area contributed by atoms with Crippen molar-refractivity contribution in [3.63, 3.8) is 0 Å². The molecule has 1 saturated heterocycles. The highest BCUT2D eigenvalue weighted by Gasteiger charge is 2.18. The molecule has 0 aromatic rings. The number of rotatable bonds is 4. The van der Waals surface area contributed by atoms with E-state index in [9.17, 15) is 0 Å². The first-order valence-corrected chi connectivity index (χ1v) is 7.38. The molecule has 3 heteroatoms. The van der Waals surface area contributed by atoms with Gasteiger partial charge in [0, 0.05) is 38.8 Å². The minimum absolute atomic E-state index is 0.780. The van der Waals surface area contributed by atoms with Crippen molar-refractivity contribution in [2.75, 3.05) is 39.4 Å². The van der Waals surface area contributed by atoms with Gasteiger partial charge in [-0.3, -0.25) is 4.90 Å². The molecule has 0 radical (unpaired) electrons. The van der Waals surface area contributed by atoms with E-state index < -0.39 is 0 Å². The second-order valence-electron chi connectivity index (χ2n) is 5.73. The molecule has 17 heavy (non-hydrogen) atoms. The van der Waals surface area contributed by atoms with Crippen molar-refractivity contribution >= 4 is 0 Å². The van der Waals surface area contributed by atoms with Crippen LogP contribution in [0, 0.1) is 5.92 Å². The average molecular weight is 240 g/mol. The average Bonchev–Trinajstić information content (AvgIpc) is 2.58. The Morgan fingerprint density at radius 2 is 2.12 bits per heavy atom. The third-order valence-electron chi connectivity index (χ3n) is 4.11. The lowest BCUT2D eigenvalue weighted by molar-refractivity contribution is 0.141. The van der Waals surface area contributed by atoms with Crippen molar-refractivity contribution in [1.82, 2.24) is 10.2 Å². The second kappa shape index (κ2) is 7.34.